The lowest BCUT2D eigenvalue weighted by atomic mass is 10.2. The third kappa shape index (κ3) is 3.78. The summed E-state index contributed by atoms with van der Waals surface area (Å²) in [5.41, 5.74) is 1.66. The molecule has 0 N–H and O–H groups in total. The van der Waals surface area contributed by atoms with Gasteiger partial charge in [0.05, 0.1) is 26.0 Å². The van der Waals surface area contributed by atoms with Gasteiger partial charge >= 0.3 is 0 Å². The van der Waals surface area contributed by atoms with Crippen LogP contribution in [0.25, 0.3) is 0 Å². The molecule has 6 heteroatoms. The number of benzene rings is 1. The van der Waals surface area contributed by atoms with E-state index >= 15 is 0 Å². The Morgan fingerprint density at radius 1 is 1.25 bits per heavy atom. The summed E-state index contributed by atoms with van der Waals surface area (Å²) < 4.78 is 7.37. The Bertz CT molecular complexity index is 737. The smallest absolute Gasteiger partial charge is 0.246 e. The van der Waals surface area contributed by atoms with Crippen molar-refractivity contribution in [1.29, 1.82) is 0 Å². The lowest BCUT2D eigenvalue weighted by Crippen LogP contribution is -2.37. The summed E-state index contributed by atoms with van der Waals surface area (Å²) in [5, 5.41) is 0. The Hall–Kier alpha value is -2.73. The number of hydrogen-bond donors (Lipinski definition) is 0. The van der Waals surface area contributed by atoms with Crippen molar-refractivity contribution < 1.29 is 14.3 Å². The fraction of sp³-hybridized carbons (Fsp3) is 0.278. The molecule has 1 amide bonds. The molecule has 6 nitrogen and oxygen atoms in total. The fourth-order valence-corrected chi connectivity index (χ4v) is 2.64. The van der Waals surface area contributed by atoms with Gasteiger partial charge in [-0.15, -0.1) is 0 Å². The normalized spacial score (nSPS) is 13.9. The standard InChI is InChI=1S/C18H19N3O3/c22-13-16-11-19-17-12-20(8-9-21(16)17)18(23)7-4-10-24-14-15-5-2-1-3-6-15/h1-7,11,13H,8-10,12,14H2/b7-4+. The summed E-state index contributed by atoms with van der Waals surface area (Å²) in [7, 11) is 0. The molecule has 2 heterocycles. The monoisotopic (exact) mass is 325 g/mol. The molecule has 1 aromatic heterocycles. The van der Waals surface area contributed by atoms with Gasteiger partial charge in [0, 0.05) is 19.2 Å². The molecule has 3 rings (SSSR count). The van der Waals surface area contributed by atoms with E-state index in [4.69, 9.17) is 4.74 Å². The predicted molar refractivity (Wildman–Crippen MR) is 88.3 cm³/mol. The zero-order chi connectivity index (χ0) is 16.8. The third-order valence-corrected chi connectivity index (χ3v) is 3.91. The molecule has 1 aliphatic rings. The van der Waals surface area contributed by atoms with Gasteiger partial charge in [0.2, 0.25) is 5.91 Å². The molecule has 124 valence electrons. The topological polar surface area (TPSA) is 64.4 Å². The van der Waals surface area contributed by atoms with Crippen LogP contribution in [0.4, 0.5) is 0 Å². The first-order chi connectivity index (χ1) is 11.8. The number of amides is 1. The minimum absolute atomic E-state index is 0.0692. The van der Waals surface area contributed by atoms with E-state index in [1.54, 1.807) is 17.2 Å². The average Bonchev–Trinajstić information content (AvgIpc) is 3.04. The van der Waals surface area contributed by atoms with Crippen LogP contribution in [0.2, 0.25) is 0 Å². The number of carbonyl (C=O) groups excluding carboxylic acids is 2. The van der Waals surface area contributed by atoms with E-state index in [1.165, 1.54) is 6.08 Å². The molecule has 1 aliphatic heterocycles. The highest BCUT2D eigenvalue weighted by atomic mass is 16.5. The zero-order valence-electron chi connectivity index (χ0n) is 13.3. The summed E-state index contributed by atoms with van der Waals surface area (Å²) in [6, 6.07) is 9.89. The summed E-state index contributed by atoms with van der Waals surface area (Å²) in [6.45, 7) is 2.49. The highest BCUT2D eigenvalue weighted by Gasteiger charge is 2.21. The molecule has 0 aliphatic carbocycles. The van der Waals surface area contributed by atoms with Crippen molar-refractivity contribution in [3.63, 3.8) is 0 Å². The van der Waals surface area contributed by atoms with Crippen molar-refractivity contribution in [3.8, 4) is 0 Å². The third-order valence-electron chi connectivity index (χ3n) is 3.91. The van der Waals surface area contributed by atoms with Gasteiger partial charge in [-0.25, -0.2) is 4.98 Å². The number of aromatic nitrogens is 2. The fourth-order valence-electron chi connectivity index (χ4n) is 2.64. The molecule has 0 atom stereocenters. The minimum Gasteiger partial charge on any atom is -0.373 e. The van der Waals surface area contributed by atoms with Crippen molar-refractivity contribution >= 4 is 12.2 Å². The van der Waals surface area contributed by atoms with Gasteiger partial charge < -0.3 is 14.2 Å². The molecule has 0 unspecified atom stereocenters. The summed E-state index contributed by atoms with van der Waals surface area (Å²) >= 11 is 0. The summed E-state index contributed by atoms with van der Waals surface area (Å²) in [4.78, 5) is 29.0. The van der Waals surface area contributed by atoms with Crippen LogP contribution in [0.1, 0.15) is 21.9 Å². The minimum atomic E-state index is -0.0692. The first-order valence-electron chi connectivity index (χ1n) is 7.84. The summed E-state index contributed by atoms with van der Waals surface area (Å²) in [5.74, 6) is 0.672. The van der Waals surface area contributed by atoms with Crippen molar-refractivity contribution in [1.82, 2.24) is 14.5 Å². The number of hydrogen-bond acceptors (Lipinski definition) is 4. The van der Waals surface area contributed by atoms with E-state index in [-0.39, 0.29) is 5.91 Å². The van der Waals surface area contributed by atoms with Crippen molar-refractivity contribution in [3.05, 3.63) is 65.8 Å². The first kappa shape index (κ1) is 16.1. The molecular formula is C18H19N3O3. The number of carbonyl (C=O) groups is 2. The first-order valence-corrected chi connectivity index (χ1v) is 7.84. The molecule has 0 fully saturated rings. The second-order valence-corrected chi connectivity index (χ2v) is 5.53. The molecule has 24 heavy (non-hydrogen) atoms. The van der Waals surface area contributed by atoms with E-state index in [9.17, 15) is 9.59 Å². The average molecular weight is 325 g/mol. The van der Waals surface area contributed by atoms with Gasteiger partial charge in [0.25, 0.3) is 0 Å². The van der Waals surface area contributed by atoms with Gasteiger partial charge in [-0.1, -0.05) is 36.4 Å². The molecule has 2 aromatic rings. The largest absolute Gasteiger partial charge is 0.373 e. The van der Waals surface area contributed by atoms with Crippen molar-refractivity contribution in [2.45, 2.75) is 19.7 Å². The Labute approximate surface area is 140 Å². The molecular weight excluding hydrogens is 306 g/mol. The van der Waals surface area contributed by atoms with Crippen LogP contribution < -0.4 is 0 Å². The maximum Gasteiger partial charge on any atom is 0.246 e. The Morgan fingerprint density at radius 2 is 2.08 bits per heavy atom. The lowest BCUT2D eigenvalue weighted by molar-refractivity contribution is -0.127. The Balaban J connectivity index is 1.46. The quantitative estimate of drug-likeness (QED) is 0.462. The molecule has 1 aromatic carbocycles. The molecule has 0 radical (unpaired) electrons. The van der Waals surface area contributed by atoms with Gasteiger partial charge in [-0.05, 0) is 5.56 Å². The highest BCUT2D eigenvalue weighted by molar-refractivity contribution is 5.87. The van der Waals surface area contributed by atoms with E-state index in [2.05, 4.69) is 4.98 Å². The molecule has 0 spiro atoms. The van der Waals surface area contributed by atoms with Gasteiger partial charge in [0.1, 0.15) is 11.5 Å². The predicted octanol–water partition coefficient (Wildman–Crippen LogP) is 1.81. The Morgan fingerprint density at radius 3 is 2.88 bits per heavy atom. The molecule has 0 bridgehead atoms. The van der Waals surface area contributed by atoms with Gasteiger partial charge in [-0.2, -0.15) is 0 Å². The van der Waals surface area contributed by atoms with Gasteiger partial charge in [0.15, 0.2) is 6.29 Å². The number of fused-ring (bicyclic) bond motifs is 1. The zero-order valence-corrected chi connectivity index (χ0v) is 13.3. The van der Waals surface area contributed by atoms with Crippen molar-refractivity contribution in [2.24, 2.45) is 0 Å². The summed E-state index contributed by atoms with van der Waals surface area (Å²) in [6.07, 6.45) is 5.59. The SMILES string of the molecule is O=Cc1cnc2n1CCN(C(=O)/C=C/COCc1ccccc1)C2. The van der Waals surface area contributed by atoms with Crippen LogP contribution in [0.5, 0.6) is 0 Å². The highest BCUT2D eigenvalue weighted by Crippen LogP contribution is 2.13. The van der Waals surface area contributed by atoms with Crippen LogP contribution in [0.3, 0.4) is 0 Å². The maximum atomic E-state index is 12.2. The number of rotatable bonds is 6. The number of aldehydes is 1. The van der Waals surface area contributed by atoms with E-state index < -0.39 is 0 Å². The Kier molecular flexibility index (Phi) is 5.18. The number of nitrogens with zero attached hydrogens (tertiary/aromatic N) is 3. The number of imidazole rings is 1. The van der Waals surface area contributed by atoms with Crippen LogP contribution in [-0.2, 0) is 29.2 Å². The van der Waals surface area contributed by atoms with Crippen LogP contribution >= 0.6 is 0 Å². The maximum absolute atomic E-state index is 12.2. The molecule has 0 saturated carbocycles. The van der Waals surface area contributed by atoms with Crippen LogP contribution in [0, 0.1) is 0 Å². The van der Waals surface area contributed by atoms with Crippen LogP contribution in [-0.4, -0.2) is 39.8 Å². The lowest BCUT2D eigenvalue weighted by Gasteiger charge is -2.27. The molecule has 0 saturated heterocycles. The van der Waals surface area contributed by atoms with Gasteiger partial charge in [-0.3, -0.25) is 9.59 Å². The van der Waals surface area contributed by atoms with E-state index in [1.807, 2.05) is 34.9 Å². The second kappa shape index (κ2) is 7.70. The van der Waals surface area contributed by atoms with Crippen LogP contribution in [0.15, 0.2) is 48.7 Å². The van der Waals surface area contributed by atoms with Crippen molar-refractivity contribution in [2.75, 3.05) is 13.2 Å². The van der Waals surface area contributed by atoms with E-state index in [0.717, 1.165) is 17.7 Å². The second-order valence-electron chi connectivity index (χ2n) is 5.53. The van der Waals surface area contributed by atoms with E-state index in [0.29, 0.717) is 38.5 Å². The number of ether oxygens (including phenoxy) is 1.